The van der Waals surface area contributed by atoms with Crippen molar-refractivity contribution in [3.8, 4) is 0 Å². The molecule has 6 heteroatoms. The van der Waals surface area contributed by atoms with Crippen molar-refractivity contribution in [2.45, 2.75) is 97.6 Å². The molecule has 0 aromatic heterocycles. The molecule has 1 unspecified atom stereocenters. The minimum atomic E-state index is -0.538. The number of benzene rings is 1. The quantitative estimate of drug-likeness (QED) is 0.284. The predicted molar refractivity (Wildman–Crippen MR) is 121 cm³/mol. The second kappa shape index (κ2) is 10.3. The lowest BCUT2D eigenvalue weighted by atomic mass is 9.92. The number of ether oxygens (including phenoxy) is 1. The maximum Gasteiger partial charge on any atom is 0.306 e. The normalized spacial score (nSPS) is 16.4. The zero-order valence-electron chi connectivity index (χ0n) is 19.4. The fraction of sp³-hybridized carbons (Fsp3) is 0.708. The Morgan fingerprint density at radius 1 is 1.20 bits per heavy atom. The van der Waals surface area contributed by atoms with Crippen molar-refractivity contribution in [3.63, 3.8) is 0 Å². The molecule has 0 spiro atoms. The molecule has 0 amide bonds. The molecule has 6 nitrogen and oxygen atoms in total. The van der Waals surface area contributed by atoms with E-state index in [2.05, 4.69) is 18.7 Å². The summed E-state index contributed by atoms with van der Waals surface area (Å²) in [7, 11) is 0. The van der Waals surface area contributed by atoms with Gasteiger partial charge in [0.1, 0.15) is 11.3 Å². The molecule has 0 saturated heterocycles. The molecule has 0 radical (unpaired) electrons. The van der Waals surface area contributed by atoms with Crippen molar-refractivity contribution in [2.75, 3.05) is 11.4 Å². The average molecular weight is 419 g/mol. The molecular formula is C24H38N2O4. The minimum Gasteiger partial charge on any atom is -0.460 e. The fourth-order valence-corrected chi connectivity index (χ4v) is 4.22. The summed E-state index contributed by atoms with van der Waals surface area (Å²) in [6, 6.07) is 5.83. The van der Waals surface area contributed by atoms with Crippen LogP contribution < -0.4 is 4.90 Å². The second-order valence-electron chi connectivity index (χ2n) is 10.0. The largest absolute Gasteiger partial charge is 0.460 e. The molecule has 0 heterocycles. The smallest absolute Gasteiger partial charge is 0.306 e. The number of nitrogens with zero attached hydrogens (tertiary/aromatic N) is 2. The van der Waals surface area contributed by atoms with Crippen LogP contribution in [0, 0.1) is 16.0 Å². The molecule has 0 bridgehead atoms. The Hall–Kier alpha value is -2.11. The van der Waals surface area contributed by atoms with Gasteiger partial charge in [0.2, 0.25) is 0 Å². The van der Waals surface area contributed by atoms with E-state index >= 15 is 0 Å². The number of nitro benzene ring substituents is 1. The molecule has 1 aromatic carbocycles. The number of carbonyl (C=O) groups excluding carboxylic acids is 1. The summed E-state index contributed by atoms with van der Waals surface area (Å²) >= 11 is 0. The van der Waals surface area contributed by atoms with Gasteiger partial charge in [0.05, 0.1) is 11.3 Å². The summed E-state index contributed by atoms with van der Waals surface area (Å²) in [5, 5.41) is 12.0. The lowest BCUT2D eigenvalue weighted by Gasteiger charge is -2.37. The third-order valence-electron chi connectivity index (χ3n) is 5.54. The first-order chi connectivity index (χ1) is 14.0. The van der Waals surface area contributed by atoms with Crippen LogP contribution in [-0.4, -0.2) is 29.1 Å². The highest BCUT2D eigenvalue weighted by Crippen LogP contribution is 2.37. The SMILES string of the molecule is CC(C)CN(c1ccc(C(C)CC(=O)OC(C)(C)C)cc1[N+](=O)[O-])C1CCCCC1. The number of nitro groups is 1. The average Bonchev–Trinajstić information content (AvgIpc) is 2.64. The van der Waals surface area contributed by atoms with Gasteiger partial charge >= 0.3 is 5.97 Å². The number of esters is 1. The molecule has 1 aliphatic rings. The van der Waals surface area contributed by atoms with Gasteiger partial charge in [0, 0.05) is 18.7 Å². The number of carbonyl (C=O) groups is 1. The van der Waals surface area contributed by atoms with Crippen molar-refractivity contribution < 1.29 is 14.5 Å². The van der Waals surface area contributed by atoms with Gasteiger partial charge in [-0.2, -0.15) is 0 Å². The summed E-state index contributed by atoms with van der Waals surface area (Å²) in [6.07, 6.45) is 5.97. The Morgan fingerprint density at radius 2 is 1.83 bits per heavy atom. The Labute approximate surface area is 181 Å². The van der Waals surface area contributed by atoms with Crippen LogP contribution in [0.15, 0.2) is 18.2 Å². The maximum atomic E-state index is 12.2. The molecular weight excluding hydrogens is 380 g/mol. The topological polar surface area (TPSA) is 72.7 Å². The summed E-state index contributed by atoms with van der Waals surface area (Å²) in [4.78, 5) is 26.1. The van der Waals surface area contributed by atoms with Gasteiger partial charge in [-0.15, -0.1) is 0 Å². The van der Waals surface area contributed by atoms with Gasteiger partial charge in [-0.1, -0.05) is 46.1 Å². The van der Waals surface area contributed by atoms with Gasteiger partial charge in [-0.05, 0) is 57.1 Å². The van der Waals surface area contributed by atoms with Gasteiger partial charge in [0.15, 0.2) is 0 Å². The van der Waals surface area contributed by atoms with Crippen molar-refractivity contribution in [2.24, 2.45) is 5.92 Å². The Morgan fingerprint density at radius 3 is 2.37 bits per heavy atom. The molecule has 1 saturated carbocycles. The standard InChI is InChI=1S/C24H38N2O4/c1-17(2)16-25(20-10-8-7-9-11-20)21-13-12-19(15-22(21)26(28)29)18(3)14-23(27)30-24(4,5)6/h12-13,15,17-18,20H,7-11,14,16H2,1-6H3. The molecule has 30 heavy (non-hydrogen) atoms. The lowest BCUT2D eigenvalue weighted by molar-refractivity contribution is -0.384. The molecule has 0 aliphatic heterocycles. The summed E-state index contributed by atoms with van der Waals surface area (Å²) in [5.74, 6) is -0.0245. The first-order valence-electron chi connectivity index (χ1n) is 11.2. The molecule has 1 fully saturated rings. The summed E-state index contributed by atoms with van der Waals surface area (Å²) < 4.78 is 5.41. The van der Waals surface area contributed by atoms with Crippen LogP contribution in [0.1, 0.15) is 91.5 Å². The van der Waals surface area contributed by atoms with Crippen molar-refractivity contribution in [3.05, 3.63) is 33.9 Å². The summed E-state index contributed by atoms with van der Waals surface area (Å²) in [5.41, 5.74) is 1.09. The van der Waals surface area contributed by atoms with Crippen LogP contribution in [0.4, 0.5) is 11.4 Å². The fourth-order valence-electron chi connectivity index (χ4n) is 4.22. The Bertz CT molecular complexity index is 733. The summed E-state index contributed by atoms with van der Waals surface area (Å²) in [6.45, 7) is 12.5. The number of hydrogen-bond acceptors (Lipinski definition) is 5. The van der Waals surface area contributed by atoms with Crippen LogP contribution in [0.25, 0.3) is 0 Å². The van der Waals surface area contributed by atoms with E-state index in [1.807, 2.05) is 39.8 Å². The van der Waals surface area contributed by atoms with E-state index in [0.717, 1.165) is 24.9 Å². The van der Waals surface area contributed by atoms with Gasteiger partial charge in [-0.25, -0.2) is 0 Å². The van der Waals surface area contributed by atoms with E-state index < -0.39 is 5.60 Å². The van der Waals surface area contributed by atoms with Crippen LogP contribution >= 0.6 is 0 Å². The van der Waals surface area contributed by atoms with Crippen molar-refractivity contribution in [1.82, 2.24) is 0 Å². The van der Waals surface area contributed by atoms with Crippen molar-refractivity contribution >= 4 is 17.3 Å². The number of hydrogen-bond donors (Lipinski definition) is 0. The highest BCUT2D eigenvalue weighted by molar-refractivity contribution is 5.71. The van der Waals surface area contributed by atoms with Gasteiger partial charge < -0.3 is 9.64 Å². The molecule has 1 aliphatic carbocycles. The van der Waals surface area contributed by atoms with E-state index in [4.69, 9.17) is 4.74 Å². The van der Waals surface area contributed by atoms with E-state index in [1.165, 1.54) is 19.3 Å². The molecule has 1 aromatic rings. The lowest BCUT2D eigenvalue weighted by Crippen LogP contribution is -2.39. The van der Waals surface area contributed by atoms with E-state index in [0.29, 0.717) is 17.6 Å². The third kappa shape index (κ3) is 6.99. The first-order valence-corrected chi connectivity index (χ1v) is 11.2. The maximum absolute atomic E-state index is 12.2. The van der Waals surface area contributed by atoms with Crippen LogP contribution in [0.3, 0.4) is 0 Å². The monoisotopic (exact) mass is 418 g/mol. The zero-order valence-corrected chi connectivity index (χ0v) is 19.4. The molecule has 1 atom stereocenters. The van der Waals surface area contributed by atoms with E-state index in [9.17, 15) is 14.9 Å². The van der Waals surface area contributed by atoms with Crippen LogP contribution in [0.5, 0.6) is 0 Å². The second-order valence-corrected chi connectivity index (χ2v) is 10.0. The van der Waals surface area contributed by atoms with Crippen LogP contribution in [0.2, 0.25) is 0 Å². The molecule has 2 rings (SSSR count). The minimum absolute atomic E-state index is 0.134. The highest BCUT2D eigenvalue weighted by atomic mass is 16.6. The molecule has 0 N–H and O–H groups in total. The number of anilines is 1. The van der Waals surface area contributed by atoms with Crippen molar-refractivity contribution in [1.29, 1.82) is 0 Å². The van der Waals surface area contributed by atoms with E-state index in [1.54, 1.807) is 6.07 Å². The van der Waals surface area contributed by atoms with E-state index in [-0.39, 0.29) is 28.9 Å². The third-order valence-corrected chi connectivity index (χ3v) is 5.54. The number of rotatable bonds is 8. The highest BCUT2D eigenvalue weighted by Gasteiger charge is 2.29. The van der Waals surface area contributed by atoms with Gasteiger partial charge in [0.25, 0.3) is 5.69 Å². The Kier molecular flexibility index (Phi) is 8.27. The van der Waals surface area contributed by atoms with Crippen LogP contribution in [-0.2, 0) is 9.53 Å². The molecule has 168 valence electrons. The zero-order chi connectivity index (χ0) is 22.5. The Balaban J connectivity index is 2.30. The predicted octanol–water partition coefficient (Wildman–Crippen LogP) is 6.23. The first kappa shape index (κ1) is 24.2. The van der Waals surface area contributed by atoms with Gasteiger partial charge in [-0.3, -0.25) is 14.9 Å².